The number of piperidine rings is 1. The van der Waals surface area contributed by atoms with E-state index in [1.54, 1.807) is 37.5 Å². The molecule has 0 radical (unpaired) electrons. The van der Waals surface area contributed by atoms with Crippen molar-refractivity contribution in [2.75, 3.05) is 74.6 Å². The van der Waals surface area contributed by atoms with E-state index in [9.17, 15) is 14.7 Å². The van der Waals surface area contributed by atoms with Crippen LogP contribution in [0.5, 0.6) is 0 Å². The Labute approximate surface area is 414 Å². The van der Waals surface area contributed by atoms with Gasteiger partial charge in [0.1, 0.15) is 34.3 Å². The van der Waals surface area contributed by atoms with Gasteiger partial charge in [-0.25, -0.2) is 29.9 Å². The first-order valence-electron chi connectivity index (χ1n) is 22.0. The first-order valence-corrected chi connectivity index (χ1v) is 24.8. The SMILES string of the molecule is Cc1nc(Cl)cc(Nc2ncc(C(=O)Cc3c(C)cccc3Cl)s2)n1.Cc1nc(Nc2ncc(C(=O)Cc3c(C)cccc3Cl)s2)cc(N2CCC(CCO)CC2)n1.OCCN1CCNCC1. The maximum Gasteiger partial charge on any atom is 0.188 e. The normalized spacial score (nSPS) is 14.1. The van der Waals surface area contributed by atoms with Crippen LogP contribution >= 0.6 is 57.5 Å². The summed E-state index contributed by atoms with van der Waals surface area (Å²) in [6, 6.07) is 14.8. The van der Waals surface area contributed by atoms with Gasteiger partial charge in [-0.05, 0) is 87.3 Å². The van der Waals surface area contributed by atoms with Gasteiger partial charge in [0, 0.05) is 87.4 Å². The first kappa shape index (κ1) is 51.7. The van der Waals surface area contributed by atoms with Gasteiger partial charge in [-0.15, -0.1) is 0 Å². The van der Waals surface area contributed by atoms with Crippen molar-refractivity contribution in [3.63, 3.8) is 0 Å². The lowest BCUT2D eigenvalue weighted by atomic mass is 9.94. The molecule has 4 aromatic heterocycles. The number of hydrogen-bond donors (Lipinski definition) is 5. The monoisotopic (exact) mass is 1010 g/mol. The van der Waals surface area contributed by atoms with Crippen molar-refractivity contribution in [2.24, 2.45) is 5.92 Å². The Morgan fingerprint density at radius 1 is 0.716 bits per heavy atom. The molecule has 0 amide bonds. The number of hydrogen-bond acceptors (Lipinski definition) is 17. The van der Waals surface area contributed by atoms with Crippen LogP contribution in [0.1, 0.15) is 72.5 Å². The summed E-state index contributed by atoms with van der Waals surface area (Å²) < 4.78 is 0. The van der Waals surface area contributed by atoms with Gasteiger partial charge in [0.05, 0.1) is 28.8 Å². The molecule has 6 aromatic rings. The molecule has 0 spiro atoms. The third kappa shape index (κ3) is 15.7. The van der Waals surface area contributed by atoms with Crippen LogP contribution in [0.2, 0.25) is 15.2 Å². The minimum absolute atomic E-state index is 0.0120. The highest BCUT2D eigenvalue weighted by molar-refractivity contribution is 7.17. The first-order chi connectivity index (χ1) is 32.3. The van der Waals surface area contributed by atoms with Crippen molar-refractivity contribution >= 4 is 96.8 Å². The van der Waals surface area contributed by atoms with Crippen LogP contribution in [-0.4, -0.2) is 116 Å². The average Bonchev–Trinajstić information content (AvgIpc) is 3.97. The number of aliphatic hydroxyl groups is 2. The number of nitrogens with zero attached hydrogens (tertiary/aromatic N) is 8. The van der Waals surface area contributed by atoms with Crippen molar-refractivity contribution in [1.82, 2.24) is 40.1 Å². The van der Waals surface area contributed by atoms with Crippen molar-refractivity contribution in [1.29, 1.82) is 0 Å². The topological polar surface area (TPSA) is 195 Å². The number of aryl methyl sites for hydroxylation is 4. The lowest BCUT2D eigenvalue weighted by Crippen LogP contribution is -2.44. The van der Waals surface area contributed by atoms with Crippen LogP contribution in [0.4, 0.5) is 27.7 Å². The van der Waals surface area contributed by atoms with Crippen LogP contribution in [-0.2, 0) is 12.8 Å². The smallest absolute Gasteiger partial charge is 0.188 e. The number of anilines is 5. The zero-order valence-corrected chi connectivity index (χ0v) is 41.9. The fourth-order valence-electron chi connectivity index (χ4n) is 7.50. The summed E-state index contributed by atoms with van der Waals surface area (Å²) in [7, 11) is 0. The number of β-amino-alcohol motifs (C(OH)–C–C–N with tert-alkyl or cyclic N) is 1. The summed E-state index contributed by atoms with van der Waals surface area (Å²) in [6.07, 6.45) is 6.61. The summed E-state index contributed by atoms with van der Waals surface area (Å²) in [5.74, 6) is 3.84. The van der Waals surface area contributed by atoms with Crippen LogP contribution < -0.4 is 20.9 Å². The van der Waals surface area contributed by atoms with E-state index >= 15 is 0 Å². The van der Waals surface area contributed by atoms with Gasteiger partial charge < -0.3 is 31.1 Å². The Bertz CT molecular complexity index is 2520. The van der Waals surface area contributed by atoms with Crippen LogP contribution in [0.25, 0.3) is 0 Å². The number of Topliss-reactive ketones (excluding diaryl/α,β-unsaturated/α-hetero) is 2. The largest absolute Gasteiger partial charge is 0.396 e. The van der Waals surface area contributed by atoms with Crippen LogP contribution in [0.3, 0.4) is 0 Å². The van der Waals surface area contributed by atoms with Gasteiger partial charge >= 0.3 is 0 Å². The molecule has 20 heteroatoms. The second-order valence-electron chi connectivity index (χ2n) is 16.1. The number of carbonyl (C=O) groups excluding carboxylic acids is 2. The Morgan fingerprint density at radius 3 is 1.73 bits per heavy atom. The molecule has 2 saturated heterocycles. The van der Waals surface area contributed by atoms with E-state index in [0.29, 0.717) is 71.0 Å². The van der Waals surface area contributed by atoms with Gasteiger partial charge in [0.2, 0.25) is 0 Å². The molecule has 2 aromatic carbocycles. The zero-order chi connectivity index (χ0) is 47.9. The number of aromatic nitrogens is 6. The quantitative estimate of drug-likeness (QED) is 0.0483. The Hall–Kier alpha value is -4.69. The molecule has 15 nitrogen and oxygen atoms in total. The molecular formula is C47H56Cl3N11O4S2. The lowest BCUT2D eigenvalue weighted by Gasteiger charge is -2.32. The number of piperazine rings is 1. The maximum atomic E-state index is 12.8. The lowest BCUT2D eigenvalue weighted by molar-refractivity contribution is 0.0988. The summed E-state index contributed by atoms with van der Waals surface area (Å²) in [4.78, 5) is 56.9. The average molecular weight is 1010 g/mol. The molecule has 0 unspecified atom stereocenters. The minimum Gasteiger partial charge on any atom is -0.396 e. The molecule has 2 aliphatic heterocycles. The number of rotatable bonds is 15. The summed E-state index contributed by atoms with van der Waals surface area (Å²) >= 11 is 21.0. The van der Waals surface area contributed by atoms with Crippen molar-refractivity contribution in [3.05, 3.63) is 120 Å². The summed E-state index contributed by atoms with van der Waals surface area (Å²) in [6.45, 7) is 15.0. The number of nitrogens with one attached hydrogen (secondary N) is 3. The van der Waals surface area contributed by atoms with E-state index in [1.807, 2.05) is 51.1 Å². The molecule has 2 aliphatic rings. The third-order valence-electron chi connectivity index (χ3n) is 11.1. The van der Waals surface area contributed by atoms with E-state index in [1.165, 1.54) is 22.7 Å². The number of halogens is 3. The second kappa shape index (κ2) is 25.6. The fourth-order valence-corrected chi connectivity index (χ4v) is 9.82. The molecule has 67 heavy (non-hydrogen) atoms. The number of aliphatic hydroxyl groups excluding tert-OH is 2. The molecular weight excluding hydrogens is 953 g/mol. The standard InChI is InChI=1S/C24H28ClN5O2S.C17H14Cl2N4OS.C6H14N2O/c1-15-4-3-5-19(25)18(15)12-20(32)21-14-26-24(33-21)29-22-13-23(28-16(2)27-22)30-9-6-17(7-10-30)8-11-31;1-9-4-3-5-12(18)11(9)6-13(24)14-8-20-17(25-14)23-16-7-15(19)21-10(2)22-16;9-6-5-8-3-1-7-2-4-8/h3-5,13-14,17,31H,6-12H2,1-2H3,(H,26,27,28,29);3-5,7-8H,6H2,1-2H3,(H,20,21,22,23);7,9H,1-6H2. The predicted octanol–water partition coefficient (Wildman–Crippen LogP) is 8.88. The minimum atomic E-state index is -0.0290. The molecule has 0 aliphatic carbocycles. The predicted molar refractivity (Wildman–Crippen MR) is 271 cm³/mol. The Balaban J connectivity index is 0.000000191. The summed E-state index contributed by atoms with van der Waals surface area (Å²) in [5, 5.41) is 30.0. The fraction of sp³-hybridized carbons (Fsp3) is 0.404. The van der Waals surface area contributed by atoms with Crippen molar-refractivity contribution < 1.29 is 19.8 Å². The molecule has 2 fully saturated rings. The maximum absolute atomic E-state index is 12.8. The Morgan fingerprint density at radius 2 is 1.24 bits per heavy atom. The molecule has 8 rings (SSSR count). The number of ketones is 2. The Kier molecular flexibility index (Phi) is 19.8. The van der Waals surface area contributed by atoms with E-state index in [-0.39, 0.29) is 31.0 Å². The van der Waals surface area contributed by atoms with Gasteiger partial charge in [-0.2, -0.15) is 0 Å². The number of carbonyl (C=O) groups is 2. The van der Waals surface area contributed by atoms with E-state index in [0.717, 1.165) is 93.1 Å². The van der Waals surface area contributed by atoms with Crippen LogP contribution in [0.15, 0.2) is 60.9 Å². The van der Waals surface area contributed by atoms with Crippen molar-refractivity contribution in [3.8, 4) is 0 Å². The summed E-state index contributed by atoms with van der Waals surface area (Å²) in [5.41, 5.74) is 3.69. The molecule has 5 N–H and O–H groups in total. The van der Waals surface area contributed by atoms with Gasteiger partial charge in [0.15, 0.2) is 21.8 Å². The highest BCUT2D eigenvalue weighted by Gasteiger charge is 2.22. The number of benzene rings is 2. The highest BCUT2D eigenvalue weighted by Crippen LogP contribution is 2.30. The van der Waals surface area contributed by atoms with Gasteiger partial charge in [0.25, 0.3) is 0 Å². The third-order valence-corrected chi connectivity index (χ3v) is 14.0. The zero-order valence-electron chi connectivity index (χ0n) is 38.0. The van der Waals surface area contributed by atoms with E-state index in [4.69, 9.17) is 39.9 Å². The molecule has 0 bridgehead atoms. The molecule has 0 saturated carbocycles. The van der Waals surface area contributed by atoms with Crippen molar-refractivity contribution in [2.45, 2.75) is 59.8 Å². The molecule has 6 heterocycles. The molecule has 356 valence electrons. The highest BCUT2D eigenvalue weighted by atomic mass is 35.5. The van der Waals surface area contributed by atoms with Gasteiger partial charge in [-0.1, -0.05) is 81.7 Å². The van der Waals surface area contributed by atoms with Gasteiger partial charge in [-0.3, -0.25) is 14.5 Å². The second-order valence-corrected chi connectivity index (χ2v) is 19.4. The van der Waals surface area contributed by atoms with Crippen LogP contribution in [0, 0.1) is 33.6 Å². The van der Waals surface area contributed by atoms with E-state index in [2.05, 4.69) is 55.7 Å². The number of thiazole rings is 2. The molecule has 0 atom stereocenters. The van der Waals surface area contributed by atoms with E-state index < -0.39 is 0 Å².